The number of nitro benzene ring substituents is 1. The molecule has 1 saturated carbocycles. The number of benzene rings is 2. The van der Waals surface area contributed by atoms with Crippen LogP contribution in [0, 0.1) is 28.4 Å². The highest BCUT2D eigenvalue weighted by Crippen LogP contribution is 2.34. The Morgan fingerprint density at radius 3 is 2.22 bits per heavy atom. The van der Waals surface area contributed by atoms with Crippen LogP contribution in [0.1, 0.15) is 56.3 Å². The van der Waals surface area contributed by atoms with Gasteiger partial charge in [-0.25, -0.2) is 13.2 Å². The summed E-state index contributed by atoms with van der Waals surface area (Å²) < 4.78 is 44.6. The van der Waals surface area contributed by atoms with Crippen LogP contribution in [0.2, 0.25) is 10.0 Å². The Bertz CT molecular complexity index is 2220. The molecule has 1 aliphatic rings. The number of rotatable bonds is 11. The van der Waals surface area contributed by atoms with Gasteiger partial charge in [0.2, 0.25) is 5.89 Å². The molecule has 1 heterocycles. The maximum Gasteiger partial charge on any atom is 0.442 e. The molecular weight excluding hydrogens is 814 g/mol. The molecule has 1 aliphatic carbocycles. The number of carboxylic acid groups (broad SMARTS) is 1. The number of carboxylic acids is 1. The van der Waals surface area contributed by atoms with Gasteiger partial charge in [-0.2, -0.15) is 4.68 Å². The van der Waals surface area contributed by atoms with Crippen molar-refractivity contribution in [2.75, 3.05) is 25.7 Å². The molecule has 0 amide bonds. The van der Waals surface area contributed by atoms with E-state index in [1.54, 1.807) is 0 Å². The van der Waals surface area contributed by atoms with Crippen LogP contribution < -0.4 is 15.8 Å². The third kappa shape index (κ3) is 13.8. The monoisotopic (exact) mass is 848 g/mol. The van der Waals surface area contributed by atoms with E-state index >= 15 is 0 Å². The number of ether oxygens (including phenoxy) is 1. The fraction of sp³-hybridized carbons (Fsp3) is 0.375. The number of hydrogen-bond acceptors (Lipinski definition) is 14. The van der Waals surface area contributed by atoms with E-state index in [0.29, 0.717) is 23.7 Å². The van der Waals surface area contributed by atoms with E-state index in [4.69, 9.17) is 53.7 Å². The lowest BCUT2D eigenvalue weighted by molar-refractivity contribution is -0.385. The zero-order valence-electron chi connectivity index (χ0n) is 29.5. The van der Waals surface area contributed by atoms with Gasteiger partial charge in [0.15, 0.2) is 27.2 Å². The Kier molecular flexibility index (Phi) is 16.2. The fourth-order valence-corrected chi connectivity index (χ4v) is 5.97. The second-order valence-corrected chi connectivity index (χ2v) is 17.0. The molecule has 23 heteroatoms. The van der Waals surface area contributed by atoms with Gasteiger partial charge >= 0.3 is 19.3 Å². The van der Waals surface area contributed by atoms with E-state index in [2.05, 4.69) is 16.3 Å². The molecule has 0 radical (unpaired) electrons. The Balaban J connectivity index is 0.000000307. The molecule has 55 heavy (non-hydrogen) atoms. The van der Waals surface area contributed by atoms with Crippen LogP contribution in [0.4, 0.5) is 5.69 Å². The second kappa shape index (κ2) is 19.2. The van der Waals surface area contributed by atoms with Crippen molar-refractivity contribution in [3.63, 3.8) is 0 Å². The lowest BCUT2D eigenvalue weighted by Crippen LogP contribution is -2.35. The zero-order valence-corrected chi connectivity index (χ0v) is 32.7. The SMILES string of the molecule is C#CCOc1cc(-n2nc(C(C)(C)C)oc2=O)c(Cl)cc1Cl.CS(=O)(=O)c1ccc(C(=O)C2C(=O)CCCC2=O)c([N+](=O)[O-])c1.O=C(O)CNCP(=O)(O)O. The van der Waals surface area contributed by atoms with Gasteiger partial charge in [0, 0.05) is 36.6 Å². The van der Waals surface area contributed by atoms with Gasteiger partial charge in [-0.15, -0.1) is 11.5 Å². The first-order valence-corrected chi connectivity index (χ1v) is 19.9. The summed E-state index contributed by atoms with van der Waals surface area (Å²) in [6, 6.07) is 5.75. The van der Waals surface area contributed by atoms with Crippen LogP contribution in [-0.2, 0) is 34.2 Å². The van der Waals surface area contributed by atoms with Crippen molar-refractivity contribution in [2.45, 2.75) is 50.3 Å². The average Bonchev–Trinajstić information content (AvgIpc) is 3.45. The van der Waals surface area contributed by atoms with E-state index in [9.17, 15) is 47.1 Å². The first-order chi connectivity index (χ1) is 25.3. The summed E-state index contributed by atoms with van der Waals surface area (Å²) in [4.78, 5) is 84.1. The van der Waals surface area contributed by atoms with Gasteiger partial charge in [0.25, 0.3) is 5.69 Å². The topological polar surface area (TPSA) is 293 Å². The number of sulfone groups is 1. The fourth-order valence-electron chi connectivity index (χ4n) is 4.41. The predicted molar refractivity (Wildman–Crippen MR) is 196 cm³/mol. The molecule has 4 rings (SSSR count). The molecule has 19 nitrogen and oxygen atoms in total. The van der Waals surface area contributed by atoms with Gasteiger partial charge in [-0.05, 0) is 24.6 Å². The number of nitrogens with zero attached hydrogens (tertiary/aromatic N) is 3. The number of nitrogens with one attached hydrogen (secondary N) is 1. The summed E-state index contributed by atoms with van der Waals surface area (Å²) >= 11 is 12.2. The molecule has 4 N–H and O–H groups in total. The molecule has 1 fully saturated rings. The average molecular weight is 850 g/mol. The summed E-state index contributed by atoms with van der Waals surface area (Å²) in [5.74, 6) is -2.45. The van der Waals surface area contributed by atoms with Crippen molar-refractivity contribution in [3.05, 3.63) is 72.5 Å². The first kappa shape index (κ1) is 46.4. The highest BCUT2D eigenvalue weighted by Gasteiger charge is 2.39. The highest BCUT2D eigenvalue weighted by atomic mass is 35.5. The number of nitro groups is 1. The zero-order chi connectivity index (χ0) is 42.1. The normalized spacial score (nSPS) is 13.4. The third-order valence-corrected chi connectivity index (χ3v) is 9.28. The van der Waals surface area contributed by atoms with E-state index < -0.39 is 86.8 Å². The number of hydrogen-bond donors (Lipinski definition) is 4. The van der Waals surface area contributed by atoms with E-state index in [1.165, 1.54) is 12.1 Å². The largest absolute Gasteiger partial charge is 0.480 e. The summed E-state index contributed by atoms with van der Waals surface area (Å²) in [7, 11) is -7.79. The van der Waals surface area contributed by atoms with Crippen molar-refractivity contribution < 1.29 is 61.1 Å². The van der Waals surface area contributed by atoms with Crippen molar-refractivity contribution in [1.82, 2.24) is 15.1 Å². The standard InChI is InChI=1S/C15H14Cl2N2O3.C14H13NO7S.C3H8NO5P/c1-5-6-21-12-8-11(9(16)7-10(12)17)19-14(20)22-13(18-19)15(2,3)4;1-23(21,22)8-5-6-9(10(7-8)15(19)20)14(18)13-11(16)3-2-4-12(13)17;5-3(6)1-4-2-10(7,8)9/h1,7-8H,6H2,2-4H3;5-7,13H,2-4H2,1H3;4H,1-2H2,(H,5,6)(H2,7,8,9). The van der Waals surface area contributed by atoms with Gasteiger partial charge < -0.3 is 24.0 Å². The minimum atomic E-state index is -4.10. The number of aromatic nitrogens is 2. The molecule has 0 atom stereocenters. The van der Waals surface area contributed by atoms with Crippen molar-refractivity contribution in [2.24, 2.45) is 5.92 Å². The van der Waals surface area contributed by atoms with Gasteiger partial charge in [0.05, 0.1) is 43.9 Å². The highest BCUT2D eigenvalue weighted by molar-refractivity contribution is 7.90. The van der Waals surface area contributed by atoms with E-state index in [1.807, 2.05) is 20.8 Å². The number of halogens is 2. The Morgan fingerprint density at radius 2 is 1.75 bits per heavy atom. The van der Waals surface area contributed by atoms with Crippen LogP contribution in [0.5, 0.6) is 5.75 Å². The first-order valence-electron chi connectivity index (χ1n) is 15.5. The summed E-state index contributed by atoms with van der Waals surface area (Å²) in [5.41, 5.74) is -1.27. The van der Waals surface area contributed by atoms with Gasteiger partial charge in [0.1, 0.15) is 18.3 Å². The quantitative estimate of drug-likeness (QED) is 0.0537. The lowest BCUT2D eigenvalue weighted by atomic mass is 9.81. The number of Topliss-reactive ketones (excluding diaryl/α,β-unsaturated/α-hetero) is 3. The molecule has 0 spiro atoms. The molecule has 1 aromatic heterocycles. The van der Waals surface area contributed by atoms with Crippen molar-refractivity contribution in [3.8, 4) is 23.8 Å². The molecule has 0 unspecified atom stereocenters. The Hall–Kier alpha value is -4.74. The van der Waals surface area contributed by atoms with Crippen molar-refractivity contribution in [1.29, 1.82) is 0 Å². The number of aliphatic carboxylic acids is 1. The minimum absolute atomic E-state index is 0.0434. The summed E-state index contributed by atoms with van der Waals surface area (Å²) in [5, 5.41) is 25.9. The van der Waals surface area contributed by atoms with Crippen LogP contribution in [0.3, 0.4) is 0 Å². The maximum atomic E-state index is 12.4. The van der Waals surface area contributed by atoms with Crippen LogP contribution in [0.25, 0.3) is 5.69 Å². The number of ketones is 3. The second-order valence-electron chi connectivity index (χ2n) is 12.5. The molecule has 0 saturated heterocycles. The summed E-state index contributed by atoms with van der Waals surface area (Å²) in [6.07, 6.45) is 5.92. The number of carbonyl (C=O) groups is 4. The summed E-state index contributed by atoms with van der Waals surface area (Å²) in [6.45, 7) is 5.25. The number of terminal acetylenes is 1. The minimum Gasteiger partial charge on any atom is -0.480 e. The number of carbonyl (C=O) groups excluding carboxylic acids is 3. The smallest absolute Gasteiger partial charge is 0.442 e. The van der Waals surface area contributed by atoms with Gasteiger partial charge in [-0.3, -0.25) is 39.2 Å². The van der Waals surface area contributed by atoms with Crippen LogP contribution in [0.15, 0.2) is 44.4 Å². The maximum absolute atomic E-state index is 12.4. The van der Waals surface area contributed by atoms with Crippen LogP contribution >= 0.6 is 30.8 Å². The van der Waals surface area contributed by atoms with E-state index in [-0.39, 0.29) is 34.4 Å². The molecular formula is C32H35Cl2N4O15PS. The van der Waals surface area contributed by atoms with Crippen molar-refractivity contribution >= 4 is 69.6 Å². The molecule has 0 bridgehead atoms. The van der Waals surface area contributed by atoms with Crippen LogP contribution in [-0.4, -0.2) is 87.0 Å². The lowest BCUT2D eigenvalue weighted by Gasteiger charge is -2.18. The molecule has 0 aliphatic heterocycles. The Labute approximate surface area is 323 Å². The molecule has 2 aromatic carbocycles. The predicted octanol–water partition coefficient (Wildman–Crippen LogP) is 3.36. The molecule has 298 valence electrons. The third-order valence-electron chi connectivity index (χ3n) is 6.94. The van der Waals surface area contributed by atoms with Gasteiger partial charge in [-0.1, -0.05) is 49.9 Å². The van der Waals surface area contributed by atoms with E-state index in [0.717, 1.165) is 29.1 Å². The molecule has 3 aromatic rings. The Morgan fingerprint density at radius 1 is 1.15 bits per heavy atom.